The first-order chi connectivity index (χ1) is 20.0. The Labute approximate surface area is 240 Å². The zero-order chi connectivity index (χ0) is 30.4. The molecule has 8 nitrogen and oxygen atoms in total. The third-order valence-electron chi connectivity index (χ3n) is 6.73. The maximum atomic E-state index is 14.0. The summed E-state index contributed by atoms with van der Waals surface area (Å²) >= 11 is 0. The number of amides is 3. The lowest BCUT2D eigenvalue weighted by Gasteiger charge is -2.41. The third-order valence-corrected chi connectivity index (χ3v) is 6.73. The van der Waals surface area contributed by atoms with Crippen LogP contribution in [0.3, 0.4) is 0 Å². The van der Waals surface area contributed by atoms with Crippen molar-refractivity contribution in [3.05, 3.63) is 108 Å². The summed E-state index contributed by atoms with van der Waals surface area (Å²) in [5, 5.41) is 2.20. The molecule has 1 N–H and O–H groups in total. The standard InChI is InChI=1S/C31H29F3N4O4/c1-20(2)27-30(42)37(19-26(39)36-24(28(40)31(32,33)34)16-21-10-5-3-6-11-21)25(22-12-7-4-8-13-22)18-38(27)29(41)23-14-9-15-35-17-23/h3-15,17-18,20,24,27H,16,19H2,1-2H3,(H,36,39). The lowest BCUT2D eigenvalue weighted by Crippen LogP contribution is -2.57. The molecular weight excluding hydrogens is 549 g/mol. The van der Waals surface area contributed by atoms with Gasteiger partial charge in [-0.25, -0.2) is 0 Å². The van der Waals surface area contributed by atoms with E-state index in [-0.39, 0.29) is 17.7 Å². The lowest BCUT2D eigenvalue weighted by atomic mass is 9.96. The highest BCUT2D eigenvalue weighted by Gasteiger charge is 2.45. The van der Waals surface area contributed by atoms with Gasteiger partial charge in [-0.1, -0.05) is 74.5 Å². The van der Waals surface area contributed by atoms with Crippen molar-refractivity contribution in [1.29, 1.82) is 0 Å². The van der Waals surface area contributed by atoms with Crippen molar-refractivity contribution in [2.45, 2.75) is 38.5 Å². The molecule has 0 fully saturated rings. The third kappa shape index (κ3) is 6.91. The maximum absolute atomic E-state index is 14.0. The molecule has 2 atom stereocenters. The second-order valence-corrected chi connectivity index (χ2v) is 10.1. The van der Waals surface area contributed by atoms with E-state index in [0.29, 0.717) is 11.1 Å². The Morgan fingerprint density at radius 3 is 2.17 bits per heavy atom. The number of carbonyl (C=O) groups is 4. The normalized spacial score (nSPS) is 16.2. The Bertz CT molecular complexity index is 1460. The van der Waals surface area contributed by atoms with Crippen molar-refractivity contribution < 1.29 is 32.3 Å². The first kappa shape index (κ1) is 30.2. The number of halogens is 3. The highest BCUT2D eigenvalue weighted by molar-refractivity contribution is 6.04. The minimum absolute atomic E-state index is 0.201. The predicted octanol–water partition coefficient (Wildman–Crippen LogP) is 4.25. The molecule has 3 amide bonds. The molecule has 1 aromatic heterocycles. The van der Waals surface area contributed by atoms with Crippen molar-refractivity contribution in [2.75, 3.05) is 6.54 Å². The molecule has 11 heteroatoms. The summed E-state index contributed by atoms with van der Waals surface area (Å²) in [6, 6.07) is 16.8. The summed E-state index contributed by atoms with van der Waals surface area (Å²) in [4.78, 5) is 59.4. The second-order valence-electron chi connectivity index (χ2n) is 10.1. The van der Waals surface area contributed by atoms with Gasteiger partial charge in [0, 0.05) is 25.0 Å². The number of hydrogen-bond donors (Lipinski definition) is 1. The summed E-state index contributed by atoms with van der Waals surface area (Å²) in [6.45, 7) is 2.81. The number of rotatable bonds is 9. The van der Waals surface area contributed by atoms with Gasteiger partial charge in [-0.3, -0.25) is 29.1 Å². The van der Waals surface area contributed by atoms with Crippen LogP contribution in [0.4, 0.5) is 13.2 Å². The number of carbonyl (C=O) groups excluding carboxylic acids is 4. The SMILES string of the molecule is CC(C)C1C(=O)N(CC(=O)NC(Cc2ccccc2)C(=O)C(F)(F)F)C(c2ccccc2)=CN1C(=O)c1cccnc1. The monoisotopic (exact) mass is 578 g/mol. The average molecular weight is 579 g/mol. The molecule has 2 heterocycles. The number of aromatic nitrogens is 1. The van der Waals surface area contributed by atoms with Gasteiger partial charge in [-0.15, -0.1) is 0 Å². The summed E-state index contributed by atoms with van der Waals surface area (Å²) in [6.07, 6.45) is -1.21. The summed E-state index contributed by atoms with van der Waals surface area (Å²) in [7, 11) is 0. The van der Waals surface area contributed by atoms with E-state index in [2.05, 4.69) is 10.3 Å². The molecule has 0 radical (unpaired) electrons. The van der Waals surface area contributed by atoms with Crippen molar-refractivity contribution in [3.63, 3.8) is 0 Å². The van der Waals surface area contributed by atoms with Crippen LogP contribution in [0.15, 0.2) is 91.4 Å². The molecule has 0 saturated carbocycles. The number of Topliss-reactive ketones (excluding diaryl/α,β-unsaturated/α-hetero) is 1. The van der Waals surface area contributed by atoms with Crippen LogP contribution in [0.5, 0.6) is 0 Å². The van der Waals surface area contributed by atoms with Crippen LogP contribution in [-0.4, -0.2) is 63.1 Å². The maximum Gasteiger partial charge on any atom is 0.452 e. The van der Waals surface area contributed by atoms with Crippen LogP contribution in [0.25, 0.3) is 5.70 Å². The van der Waals surface area contributed by atoms with Gasteiger partial charge in [0.1, 0.15) is 18.6 Å². The molecule has 4 rings (SSSR count). The van der Waals surface area contributed by atoms with E-state index in [1.807, 2.05) is 0 Å². The first-order valence-corrected chi connectivity index (χ1v) is 13.2. The number of benzene rings is 2. The van der Waals surface area contributed by atoms with E-state index in [9.17, 15) is 32.3 Å². The molecule has 0 spiro atoms. The fraction of sp³-hybridized carbons (Fsp3) is 0.258. The molecule has 1 aliphatic heterocycles. The van der Waals surface area contributed by atoms with E-state index in [4.69, 9.17) is 0 Å². The molecule has 1 aliphatic rings. The lowest BCUT2D eigenvalue weighted by molar-refractivity contribution is -0.173. The van der Waals surface area contributed by atoms with E-state index in [0.717, 1.165) is 4.90 Å². The molecule has 2 aromatic carbocycles. The van der Waals surface area contributed by atoms with E-state index >= 15 is 0 Å². The quantitative estimate of drug-likeness (QED) is 0.410. The molecule has 3 aromatic rings. The number of ketones is 1. The smallest absolute Gasteiger partial charge is 0.344 e. The second kappa shape index (κ2) is 12.8. The fourth-order valence-electron chi connectivity index (χ4n) is 4.75. The van der Waals surface area contributed by atoms with Crippen molar-refractivity contribution >= 4 is 29.2 Å². The average Bonchev–Trinajstić information content (AvgIpc) is 2.97. The van der Waals surface area contributed by atoms with Gasteiger partial charge in [0.15, 0.2) is 0 Å². The molecule has 218 valence electrons. The zero-order valence-electron chi connectivity index (χ0n) is 22.9. The summed E-state index contributed by atoms with van der Waals surface area (Å²) in [5.74, 6) is -4.53. The highest BCUT2D eigenvalue weighted by Crippen LogP contribution is 2.31. The van der Waals surface area contributed by atoms with Crippen LogP contribution in [0, 0.1) is 5.92 Å². The van der Waals surface area contributed by atoms with E-state index in [1.54, 1.807) is 86.6 Å². The Morgan fingerprint density at radius 2 is 1.60 bits per heavy atom. The largest absolute Gasteiger partial charge is 0.452 e. The molecular formula is C31H29F3N4O4. The van der Waals surface area contributed by atoms with Crippen molar-refractivity contribution in [3.8, 4) is 0 Å². The Kier molecular flexibility index (Phi) is 9.19. The molecule has 0 bridgehead atoms. The van der Waals surface area contributed by atoms with Gasteiger partial charge in [-0.2, -0.15) is 13.2 Å². The first-order valence-electron chi connectivity index (χ1n) is 13.2. The van der Waals surface area contributed by atoms with Crippen molar-refractivity contribution in [2.24, 2.45) is 5.92 Å². The van der Waals surface area contributed by atoms with E-state index in [1.165, 1.54) is 23.5 Å². The van der Waals surface area contributed by atoms with Crippen LogP contribution >= 0.6 is 0 Å². The van der Waals surface area contributed by atoms with Gasteiger partial charge in [0.05, 0.1) is 11.3 Å². The van der Waals surface area contributed by atoms with Crippen LogP contribution in [-0.2, 0) is 20.8 Å². The minimum Gasteiger partial charge on any atom is -0.344 e. The number of pyridine rings is 1. The summed E-state index contributed by atoms with van der Waals surface area (Å²) < 4.78 is 40.3. The van der Waals surface area contributed by atoms with Gasteiger partial charge in [-0.05, 0) is 29.2 Å². The van der Waals surface area contributed by atoms with Crippen LogP contribution < -0.4 is 5.32 Å². The Hall–Kier alpha value is -4.80. The number of nitrogens with one attached hydrogen (secondary N) is 1. The Balaban J connectivity index is 1.69. The van der Waals surface area contributed by atoms with Crippen LogP contribution in [0.2, 0.25) is 0 Å². The Morgan fingerprint density at radius 1 is 0.952 bits per heavy atom. The zero-order valence-corrected chi connectivity index (χ0v) is 22.9. The predicted molar refractivity (Wildman–Crippen MR) is 148 cm³/mol. The molecule has 42 heavy (non-hydrogen) atoms. The molecule has 0 saturated heterocycles. The number of nitrogens with zero attached hydrogens (tertiary/aromatic N) is 3. The topological polar surface area (TPSA) is 99.7 Å². The minimum atomic E-state index is -5.18. The highest BCUT2D eigenvalue weighted by atomic mass is 19.4. The molecule has 0 aliphatic carbocycles. The fourth-order valence-corrected chi connectivity index (χ4v) is 4.75. The van der Waals surface area contributed by atoms with Crippen molar-refractivity contribution in [1.82, 2.24) is 20.1 Å². The van der Waals surface area contributed by atoms with Gasteiger partial charge in [0.25, 0.3) is 17.6 Å². The van der Waals surface area contributed by atoms with E-state index < -0.39 is 54.2 Å². The number of hydrogen-bond acceptors (Lipinski definition) is 5. The van der Waals surface area contributed by atoms with Crippen LogP contribution in [0.1, 0.15) is 35.3 Å². The number of alkyl halides is 3. The van der Waals surface area contributed by atoms with Gasteiger partial charge in [0.2, 0.25) is 5.91 Å². The molecule has 2 unspecified atom stereocenters. The van der Waals surface area contributed by atoms with Gasteiger partial charge < -0.3 is 10.2 Å². The summed E-state index contributed by atoms with van der Waals surface area (Å²) in [5.41, 5.74) is 1.37. The van der Waals surface area contributed by atoms with Gasteiger partial charge >= 0.3 is 6.18 Å².